The van der Waals surface area contributed by atoms with Gasteiger partial charge < -0.3 is 14.8 Å². The van der Waals surface area contributed by atoms with Crippen molar-refractivity contribution in [3.05, 3.63) is 29.6 Å². The van der Waals surface area contributed by atoms with Gasteiger partial charge in [-0.15, -0.1) is 0 Å². The van der Waals surface area contributed by atoms with E-state index in [0.29, 0.717) is 0 Å². The van der Waals surface area contributed by atoms with Crippen molar-refractivity contribution in [1.29, 1.82) is 0 Å². The molecule has 0 saturated heterocycles. The molecule has 0 unspecified atom stereocenters. The highest BCUT2D eigenvalue weighted by Crippen LogP contribution is 2.05. The molecule has 0 bridgehead atoms. The number of nitrogens with one attached hydrogen (secondary N) is 1. The van der Waals surface area contributed by atoms with Gasteiger partial charge in [-0.25, -0.2) is 0 Å². The third-order valence-electron chi connectivity index (χ3n) is 3.04. The Balaban J connectivity index is 2.55. The van der Waals surface area contributed by atoms with Crippen LogP contribution in [0.25, 0.3) is 0 Å². The van der Waals surface area contributed by atoms with Crippen LogP contribution in [0.1, 0.15) is 17.8 Å². The lowest BCUT2D eigenvalue weighted by Crippen LogP contribution is -2.29. The fourth-order valence-electron chi connectivity index (χ4n) is 2.05. The van der Waals surface area contributed by atoms with Crippen molar-refractivity contribution < 1.29 is 9.47 Å². The first kappa shape index (κ1) is 17.0. The van der Waals surface area contributed by atoms with E-state index in [1.54, 1.807) is 14.2 Å². The molecule has 1 aromatic heterocycles. The van der Waals surface area contributed by atoms with E-state index >= 15 is 0 Å². The van der Waals surface area contributed by atoms with Gasteiger partial charge in [-0.2, -0.15) is 0 Å². The predicted molar refractivity (Wildman–Crippen MR) is 80.6 cm³/mol. The second-order valence-corrected chi connectivity index (χ2v) is 4.77. The van der Waals surface area contributed by atoms with E-state index in [0.717, 1.165) is 57.2 Å². The standard InChI is InChI=1S/C15H27N3O2/c1-16-12-14-6-4-7-15(17-14)13-18(9-11-20-3)8-5-10-19-2/h4,6-7,16H,5,8-13H2,1-3H3. The second-order valence-electron chi connectivity index (χ2n) is 4.77. The van der Waals surface area contributed by atoms with Gasteiger partial charge in [0.1, 0.15) is 0 Å². The van der Waals surface area contributed by atoms with E-state index in [9.17, 15) is 0 Å². The van der Waals surface area contributed by atoms with Crippen molar-refractivity contribution in [2.24, 2.45) is 0 Å². The van der Waals surface area contributed by atoms with Crippen LogP contribution in [0.3, 0.4) is 0 Å². The van der Waals surface area contributed by atoms with Crippen LogP contribution in [0.4, 0.5) is 0 Å². The quantitative estimate of drug-likeness (QED) is 0.619. The molecule has 0 aliphatic rings. The van der Waals surface area contributed by atoms with Gasteiger partial charge in [0, 0.05) is 47.0 Å². The van der Waals surface area contributed by atoms with Crippen molar-refractivity contribution in [3.8, 4) is 0 Å². The van der Waals surface area contributed by atoms with Crippen LogP contribution in [0, 0.1) is 0 Å². The first-order chi connectivity index (χ1) is 9.80. The van der Waals surface area contributed by atoms with Gasteiger partial charge >= 0.3 is 0 Å². The average molecular weight is 281 g/mol. The molecule has 0 aliphatic heterocycles. The Morgan fingerprint density at radius 2 is 1.85 bits per heavy atom. The highest BCUT2D eigenvalue weighted by atomic mass is 16.5. The number of ether oxygens (including phenoxy) is 2. The van der Waals surface area contributed by atoms with Crippen LogP contribution >= 0.6 is 0 Å². The minimum Gasteiger partial charge on any atom is -0.385 e. The van der Waals surface area contributed by atoms with Gasteiger partial charge in [0.25, 0.3) is 0 Å². The summed E-state index contributed by atoms with van der Waals surface area (Å²) in [6.07, 6.45) is 1.02. The summed E-state index contributed by atoms with van der Waals surface area (Å²) in [5.41, 5.74) is 2.18. The highest BCUT2D eigenvalue weighted by molar-refractivity contribution is 5.11. The monoisotopic (exact) mass is 281 g/mol. The zero-order valence-corrected chi connectivity index (χ0v) is 12.9. The molecule has 1 aromatic rings. The summed E-state index contributed by atoms with van der Waals surface area (Å²) < 4.78 is 10.3. The smallest absolute Gasteiger partial charge is 0.0589 e. The van der Waals surface area contributed by atoms with E-state index in [1.165, 1.54) is 0 Å². The molecule has 0 spiro atoms. The fourth-order valence-corrected chi connectivity index (χ4v) is 2.05. The van der Waals surface area contributed by atoms with E-state index in [4.69, 9.17) is 9.47 Å². The molecule has 0 atom stereocenters. The number of aromatic nitrogens is 1. The maximum atomic E-state index is 5.18. The lowest BCUT2D eigenvalue weighted by molar-refractivity contribution is 0.128. The molecule has 5 nitrogen and oxygen atoms in total. The minimum atomic E-state index is 0.739. The largest absolute Gasteiger partial charge is 0.385 e. The molecule has 0 radical (unpaired) electrons. The Kier molecular flexibility index (Phi) is 9.15. The number of nitrogens with zero attached hydrogens (tertiary/aromatic N) is 2. The van der Waals surface area contributed by atoms with Gasteiger partial charge in [-0.05, 0) is 25.6 Å². The summed E-state index contributed by atoms with van der Waals surface area (Å²) in [6, 6.07) is 6.19. The molecule has 0 aromatic carbocycles. The number of rotatable bonds is 11. The normalized spacial score (nSPS) is 11.2. The number of methoxy groups -OCH3 is 2. The highest BCUT2D eigenvalue weighted by Gasteiger charge is 2.07. The van der Waals surface area contributed by atoms with Crippen molar-refractivity contribution in [2.75, 3.05) is 47.6 Å². The lowest BCUT2D eigenvalue weighted by Gasteiger charge is -2.21. The summed E-state index contributed by atoms with van der Waals surface area (Å²) in [6.45, 7) is 5.09. The molecule has 0 aliphatic carbocycles. The number of hydrogen-bond acceptors (Lipinski definition) is 5. The Hall–Kier alpha value is -1.01. The molecular formula is C15H27N3O2. The molecule has 1 rings (SSSR count). The van der Waals surface area contributed by atoms with E-state index in [2.05, 4.69) is 27.3 Å². The van der Waals surface area contributed by atoms with Gasteiger partial charge in [0.05, 0.1) is 18.0 Å². The summed E-state index contributed by atoms with van der Waals surface area (Å²) in [5.74, 6) is 0. The zero-order valence-electron chi connectivity index (χ0n) is 12.9. The minimum absolute atomic E-state index is 0.739. The Labute approximate surface area is 122 Å². The maximum absolute atomic E-state index is 5.18. The lowest BCUT2D eigenvalue weighted by atomic mass is 10.2. The molecule has 114 valence electrons. The third kappa shape index (κ3) is 6.96. The molecule has 5 heteroatoms. The average Bonchev–Trinajstić information content (AvgIpc) is 2.45. The maximum Gasteiger partial charge on any atom is 0.0589 e. The van der Waals surface area contributed by atoms with E-state index in [1.807, 2.05) is 13.1 Å². The van der Waals surface area contributed by atoms with Gasteiger partial charge in [-0.3, -0.25) is 9.88 Å². The van der Waals surface area contributed by atoms with Crippen molar-refractivity contribution in [3.63, 3.8) is 0 Å². The Bertz CT molecular complexity index is 361. The van der Waals surface area contributed by atoms with Crippen molar-refractivity contribution >= 4 is 0 Å². The molecule has 20 heavy (non-hydrogen) atoms. The van der Waals surface area contributed by atoms with Crippen LogP contribution in [0.5, 0.6) is 0 Å². The molecule has 0 amide bonds. The summed E-state index contributed by atoms with van der Waals surface area (Å²) >= 11 is 0. The van der Waals surface area contributed by atoms with Crippen LogP contribution in [-0.2, 0) is 22.6 Å². The topological polar surface area (TPSA) is 46.6 Å². The van der Waals surface area contributed by atoms with Crippen LogP contribution in [0.2, 0.25) is 0 Å². The second kappa shape index (κ2) is 10.7. The summed E-state index contributed by atoms with van der Waals surface area (Å²) in [7, 11) is 5.41. The Morgan fingerprint density at radius 1 is 1.10 bits per heavy atom. The van der Waals surface area contributed by atoms with Crippen LogP contribution in [-0.4, -0.2) is 57.5 Å². The molecule has 1 heterocycles. The third-order valence-corrected chi connectivity index (χ3v) is 3.04. The fraction of sp³-hybridized carbons (Fsp3) is 0.667. The molecule has 0 fully saturated rings. The predicted octanol–water partition coefficient (Wildman–Crippen LogP) is 1.29. The zero-order chi connectivity index (χ0) is 14.6. The van der Waals surface area contributed by atoms with E-state index in [-0.39, 0.29) is 0 Å². The Morgan fingerprint density at radius 3 is 2.55 bits per heavy atom. The number of hydrogen-bond donors (Lipinski definition) is 1. The first-order valence-electron chi connectivity index (χ1n) is 7.09. The summed E-state index contributed by atoms with van der Waals surface area (Å²) in [4.78, 5) is 7.02. The number of pyridine rings is 1. The van der Waals surface area contributed by atoms with Gasteiger partial charge in [0.15, 0.2) is 0 Å². The van der Waals surface area contributed by atoms with Crippen molar-refractivity contribution in [1.82, 2.24) is 15.2 Å². The van der Waals surface area contributed by atoms with Crippen molar-refractivity contribution in [2.45, 2.75) is 19.5 Å². The molecule has 0 saturated carbocycles. The van der Waals surface area contributed by atoms with Crippen LogP contribution < -0.4 is 5.32 Å². The summed E-state index contributed by atoms with van der Waals surface area (Å²) in [5, 5.41) is 3.13. The van der Waals surface area contributed by atoms with Gasteiger partial charge in [0.2, 0.25) is 0 Å². The molecular weight excluding hydrogens is 254 g/mol. The molecule has 1 N–H and O–H groups in total. The van der Waals surface area contributed by atoms with Gasteiger partial charge in [-0.1, -0.05) is 6.07 Å². The van der Waals surface area contributed by atoms with E-state index < -0.39 is 0 Å². The van der Waals surface area contributed by atoms with Crippen LogP contribution in [0.15, 0.2) is 18.2 Å². The SMILES string of the molecule is CNCc1cccc(CN(CCCOC)CCOC)n1. The first-order valence-corrected chi connectivity index (χ1v) is 7.09.